The van der Waals surface area contributed by atoms with Gasteiger partial charge in [-0.15, -0.1) is 11.3 Å². The number of likely N-dealkylation sites (tertiary alicyclic amines) is 1. The molecule has 1 atom stereocenters. The number of fused-ring (bicyclic) bond motifs is 1. The van der Waals surface area contributed by atoms with Crippen LogP contribution in [0.5, 0.6) is 0 Å². The van der Waals surface area contributed by atoms with Crippen LogP contribution in [0.25, 0.3) is 10.1 Å². The lowest BCUT2D eigenvalue weighted by molar-refractivity contribution is 0.0626. The fraction of sp³-hybridized carbons (Fsp3) is 0.438. The Kier molecular flexibility index (Phi) is 3.87. The monoisotopic (exact) mass is 304 g/mol. The molecule has 0 saturated carbocycles. The van der Waals surface area contributed by atoms with Crippen molar-refractivity contribution < 1.29 is 9.90 Å². The van der Waals surface area contributed by atoms with Crippen LogP contribution in [0.2, 0.25) is 0 Å². The molecule has 1 aliphatic heterocycles. The van der Waals surface area contributed by atoms with E-state index in [1.807, 2.05) is 24.0 Å². The van der Waals surface area contributed by atoms with Crippen molar-refractivity contribution in [2.75, 3.05) is 25.4 Å². The van der Waals surface area contributed by atoms with Gasteiger partial charge < -0.3 is 15.7 Å². The average Bonchev–Trinajstić information content (AvgIpc) is 2.83. The van der Waals surface area contributed by atoms with Crippen molar-refractivity contribution in [2.24, 2.45) is 5.92 Å². The predicted octanol–water partition coefficient (Wildman–Crippen LogP) is 2.64. The molecule has 0 aliphatic carbocycles. The minimum atomic E-state index is 0.00417. The Morgan fingerprint density at radius 2 is 2.33 bits per heavy atom. The zero-order valence-electron chi connectivity index (χ0n) is 12.1. The Bertz CT molecular complexity index is 680. The number of carbonyl (C=O) groups is 1. The predicted molar refractivity (Wildman–Crippen MR) is 86.7 cm³/mol. The summed E-state index contributed by atoms with van der Waals surface area (Å²) in [6.45, 7) is 3.56. The molecule has 21 heavy (non-hydrogen) atoms. The third kappa shape index (κ3) is 2.63. The number of aliphatic hydroxyl groups is 1. The molecule has 1 aromatic heterocycles. The van der Waals surface area contributed by atoms with Gasteiger partial charge in [-0.05, 0) is 37.3 Å². The molecule has 3 rings (SSSR count). The van der Waals surface area contributed by atoms with Crippen LogP contribution in [0.1, 0.15) is 28.1 Å². The number of amides is 1. The molecule has 1 aliphatic rings. The number of rotatable bonds is 2. The van der Waals surface area contributed by atoms with Crippen LogP contribution < -0.4 is 5.73 Å². The van der Waals surface area contributed by atoms with E-state index in [0.29, 0.717) is 17.1 Å². The summed E-state index contributed by atoms with van der Waals surface area (Å²) in [7, 11) is 0. The standard InChI is InChI=1S/C16H20N2O2S/c1-10-4-5-12-13(7-10)21-15(14(12)17)16(20)18-6-2-3-11(8-18)9-19/h4-5,7,11,19H,2-3,6,8-9,17H2,1H3. The van der Waals surface area contributed by atoms with E-state index < -0.39 is 0 Å². The minimum Gasteiger partial charge on any atom is -0.397 e. The summed E-state index contributed by atoms with van der Waals surface area (Å²) in [6.07, 6.45) is 1.93. The first-order valence-electron chi connectivity index (χ1n) is 7.29. The van der Waals surface area contributed by atoms with Crippen LogP contribution in [-0.2, 0) is 0 Å². The molecule has 112 valence electrons. The van der Waals surface area contributed by atoms with Crippen LogP contribution in [0.3, 0.4) is 0 Å². The highest BCUT2D eigenvalue weighted by atomic mass is 32.1. The number of carbonyl (C=O) groups excluding carboxylic acids is 1. The van der Waals surface area contributed by atoms with Gasteiger partial charge in [0, 0.05) is 29.8 Å². The zero-order valence-corrected chi connectivity index (χ0v) is 12.9. The molecule has 5 heteroatoms. The molecule has 0 spiro atoms. The third-order valence-corrected chi connectivity index (χ3v) is 5.30. The van der Waals surface area contributed by atoms with Crippen molar-refractivity contribution in [3.05, 3.63) is 28.6 Å². The number of benzene rings is 1. The van der Waals surface area contributed by atoms with Crippen LogP contribution in [0.15, 0.2) is 18.2 Å². The summed E-state index contributed by atoms with van der Waals surface area (Å²) in [5.41, 5.74) is 7.93. The van der Waals surface area contributed by atoms with Gasteiger partial charge in [-0.3, -0.25) is 4.79 Å². The highest BCUT2D eigenvalue weighted by Gasteiger charge is 2.27. The second-order valence-electron chi connectivity index (χ2n) is 5.79. The third-order valence-electron chi connectivity index (χ3n) is 4.14. The Hall–Kier alpha value is -1.59. The van der Waals surface area contributed by atoms with Crippen molar-refractivity contribution in [3.63, 3.8) is 0 Å². The van der Waals surface area contributed by atoms with Gasteiger partial charge in [0.25, 0.3) is 5.91 Å². The van der Waals surface area contributed by atoms with Crippen LogP contribution >= 0.6 is 11.3 Å². The van der Waals surface area contributed by atoms with E-state index >= 15 is 0 Å². The Labute approximate surface area is 128 Å². The molecule has 1 unspecified atom stereocenters. The maximum absolute atomic E-state index is 12.7. The highest BCUT2D eigenvalue weighted by Crippen LogP contribution is 2.35. The number of piperidine rings is 1. The number of aliphatic hydroxyl groups excluding tert-OH is 1. The molecule has 3 N–H and O–H groups in total. The molecule has 4 nitrogen and oxygen atoms in total. The molecule has 1 amide bonds. The van der Waals surface area contributed by atoms with Crippen LogP contribution in [-0.4, -0.2) is 35.6 Å². The topological polar surface area (TPSA) is 66.6 Å². The fourth-order valence-electron chi connectivity index (χ4n) is 2.92. The fourth-order valence-corrected chi connectivity index (χ4v) is 4.11. The number of anilines is 1. The number of nitrogen functional groups attached to an aromatic ring is 1. The van der Waals surface area contributed by atoms with E-state index in [0.717, 1.165) is 29.5 Å². The maximum Gasteiger partial charge on any atom is 0.266 e. The second kappa shape index (κ2) is 5.66. The molecule has 2 heterocycles. The highest BCUT2D eigenvalue weighted by molar-refractivity contribution is 7.21. The van der Waals surface area contributed by atoms with Crippen molar-refractivity contribution in [1.82, 2.24) is 4.90 Å². The van der Waals surface area contributed by atoms with E-state index in [1.165, 1.54) is 16.9 Å². The summed E-state index contributed by atoms with van der Waals surface area (Å²) in [4.78, 5) is 15.2. The Morgan fingerprint density at radius 1 is 1.52 bits per heavy atom. The second-order valence-corrected chi connectivity index (χ2v) is 6.84. The Morgan fingerprint density at radius 3 is 3.10 bits per heavy atom. The lowest BCUT2D eigenvalue weighted by atomic mass is 9.99. The SMILES string of the molecule is Cc1ccc2c(N)c(C(=O)N3CCCC(CO)C3)sc2c1. The van der Waals surface area contributed by atoms with Crippen molar-refractivity contribution in [2.45, 2.75) is 19.8 Å². The lowest BCUT2D eigenvalue weighted by Crippen LogP contribution is -2.40. The number of thiophene rings is 1. The summed E-state index contributed by atoms with van der Waals surface area (Å²) >= 11 is 1.47. The van der Waals surface area contributed by atoms with Crippen LogP contribution in [0, 0.1) is 12.8 Å². The molecule has 1 saturated heterocycles. The quantitative estimate of drug-likeness (QED) is 0.896. The van der Waals surface area contributed by atoms with Gasteiger partial charge in [0.2, 0.25) is 0 Å². The van der Waals surface area contributed by atoms with Crippen LogP contribution in [0.4, 0.5) is 5.69 Å². The summed E-state index contributed by atoms with van der Waals surface area (Å²) in [6, 6.07) is 6.07. The number of nitrogens with two attached hydrogens (primary N) is 1. The van der Waals surface area contributed by atoms with Gasteiger partial charge in [0.05, 0.1) is 5.69 Å². The summed E-state index contributed by atoms with van der Waals surface area (Å²) in [5.74, 6) is 0.199. The Balaban J connectivity index is 1.92. The lowest BCUT2D eigenvalue weighted by Gasteiger charge is -2.31. The number of nitrogens with zero attached hydrogens (tertiary/aromatic N) is 1. The van der Waals surface area contributed by atoms with Gasteiger partial charge in [-0.25, -0.2) is 0 Å². The van der Waals surface area contributed by atoms with Gasteiger partial charge in [-0.2, -0.15) is 0 Å². The van der Waals surface area contributed by atoms with Gasteiger partial charge in [0.15, 0.2) is 0 Å². The van der Waals surface area contributed by atoms with Crippen molar-refractivity contribution in [1.29, 1.82) is 0 Å². The first kappa shape index (κ1) is 14.4. The zero-order chi connectivity index (χ0) is 15.0. The first-order valence-corrected chi connectivity index (χ1v) is 8.10. The molecule has 2 aromatic rings. The smallest absolute Gasteiger partial charge is 0.266 e. The molecular formula is C16H20N2O2S. The van der Waals surface area contributed by atoms with E-state index in [2.05, 4.69) is 6.07 Å². The summed E-state index contributed by atoms with van der Waals surface area (Å²) < 4.78 is 1.06. The van der Waals surface area contributed by atoms with E-state index in [9.17, 15) is 9.90 Å². The number of hydrogen-bond donors (Lipinski definition) is 2. The minimum absolute atomic E-state index is 0.00417. The van der Waals surface area contributed by atoms with Gasteiger partial charge in [0.1, 0.15) is 4.88 Å². The van der Waals surface area contributed by atoms with E-state index in [-0.39, 0.29) is 18.4 Å². The normalized spacial score (nSPS) is 19.1. The van der Waals surface area contributed by atoms with Gasteiger partial charge in [-0.1, -0.05) is 12.1 Å². The van der Waals surface area contributed by atoms with E-state index in [4.69, 9.17) is 5.73 Å². The number of hydrogen-bond acceptors (Lipinski definition) is 4. The van der Waals surface area contributed by atoms with E-state index in [1.54, 1.807) is 0 Å². The molecule has 1 fully saturated rings. The molecule has 0 radical (unpaired) electrons. The molecular weight excluding hydrogens is 284 g/mol. The maximum atomic E-state index is 12.7. The summed E-state index contributed by atoms with van der Waals surface area (Å²) in [5, 5.41) is 10.3. The largest absolute Gasteiger partial charge is 0.397 e. The first-order chi connectivity index (χ1) is 10.1. The van der Waals surface area contributed by atoms with Crippen molar-refractivity contribution >= 4 is 33.0 Å². The average molecular weight is 304 g/mol. The molecule has 0 bridgehead atoms. The van der Waals surface area contributed by atoms with Crippen molar-refractivity contribution in [3.8, 4) is 0 Å². The molecule has 1 aromatic carbocycles. The number of aryl methyl sites for hydroxylation is 1. The van der Waals surface area contributed by atoms with Gasteiger partial charge >= 0.3 is 0 Å².